The minimum atomic E-state index is -0.0708. The summed E-state index contributed by atoms with van der Waals surface area (Å²) in [5.41, 5.74) is 3.50. The van der Waals surface area contributed by atoms with E-state index in [4.69, 9.17) is 11.6 Å². The van der Waals surface area contributed by atoms with Gasteiger partial charge in [-0.3, -0.25) is 0 Å². The van der Waals surface area contributed by atoms with Gasteiger partial charge in [-0.05, 0) is 30.2 Å². The molecule has 0 radical (unpaired) electrons. The molecule has 19 heavy (non-hydrogen) atoms. The molecule has 0 bridgehead atoms. The van der Waals surface area contributed by atoms with Gasteiger partial charge in [-0.15, -0.1) is 0 Å². The van der Waals surface area contributed by atoms with Crippen LogP contribution in [0, 0.1) is 6.92 Å². The molecule has 2 nitrogen and oxygen atoms in total. The fourth-order valence-corrected chi connectivity index (χ4v) is 2.06. The van der Waals surface area contributed by atoms with Gasteiger partial charge >= 0.3 is 0 Å². The Balaban J connectivity index is 1.99. The van der Waals surface area contributed by atoms with Crippen LogP contribution in [0.2, 0.25) is 5.02 Å². The predicted molar refractivity (Wildman–Crippen MR) is 79.3 cm³/mol. The molecule has 0 aromatic heterocycles. The summed E-state index contributed by atoms with van der Waals surface area (Å²) in [5, 5.41) is 13.5. The van der Waals surface area contributed by atoms with E-state index in [9.17, 15) is 5.11 Å². The first-order valence-electron chi connectivity index (χ1n) is 6.34. The molecule has 0 amide bonds. The van der Waals surface area contributed by atoms with Crippen molar-refractivity contribution in [2.75, 3.05) is 6.61 Å². The first-order valence-corrected chi connectivity index (χ1v) is 6.72. The van der Waals surface area contributed by atoms with Gasteiger partial charge in [0.15, 0.2) is 0 Å². The highest BCUT2D eigenvalue weighted by molar-refractivity contribution is 6.30. The summed E-state index contributed by atoms with van der Waals surface area (Å²) in [7, 11) is 0. The summed E-state index contributed by atoms with van der Waals surface area (Å²) >= 11 is 5.86. The van der Waals surface area contributed by atoms with E-state index >= 15 is 0 Å². The summed E-state index contributed by atoms with van der Waals surface area (Å²) in [6.45, 7) is 2.86. The van der Waals surface area contributed by atoms with Crippen molar-refractivity contribution < 1.29 is 5.11 Å². The van der Waals surface area contributed by atoms with Crippen molar-refractivity contribution in [1.82, 2.24) is 5.32 Å². The quantitative estimate of drug-likeness (QED) is 0.876. The molecule has 1 atom stereocenters. The number of aliphatic hydroxyl groups is 1. The molecular weight excluding hydrogens is 258 g/mol. The van der Waals surface area contributed by atoms with Crippen LogP contribution in [0.25, 0.3) is 0 Å². The molecule has 0 saturated carbocycles. The van der Waals surface area contributed by atoms with Crippen LogP contribution in [-0.4, -0.2) is 11.7 Å². The Bertz CT molecular complexity index is 507. The standard InChI is InChI=1S/C16H18ClNO/c1-12-2-4-13(5-3-12)10-18-16(11-19)14-6-8-15(17)9-7-14/h2-9,16,18-19H,10-11H2,1H3. The fraction of sp³-hybridized carbons (Fsp3) is 0.250. The lowest BCUT2D eigenvalue weighted by Gasteiger charge is -2.17. The van der Waals surface area contributed by atoms with Gasteiger partial charge in [0.05, 0.1) is 12.6 Å². The number of benzene rings is 2. The highest BCUT2D eigenvalue weighted by Crippen LogP contribution is 2.16. The zero-order chi connectivity index (χ0) is 13.7. The maximum absolute atomic E-state index is 9.48. The molecule has 0 aliphatic heterocycles. The van der Waals surface area contributed by atoms with Gasteiger partial charge < -0.3 is 10.4 Å². The molecule has 2 N–H and O–H groups in total. The van der Waals surface area contributed by atoms with Gasteiger partial charge in [-0.1, -0.05) is 53.6 Å². The summed E-state index contributed by atoms with van der Waals surface area (Å²) < 4.78 is 0. The normalized spacial score (nSPS) is 12.4. The summed E-state index contributed by atoms with van der Waals surface area (Å²) in [6.07, 6.45) is 0. The third-order valence-corrected chi connectivity index (χ3v) is 3.38. The molecule has 2 aromatic carbocycles. The van der Waals surface area contributed by atoms with Crippen LogP contribution in [0.5, 0.6) is 0 Å². The van der Waals surface area contributed by atoms with Crippen molar-refractivity contribution in [2.24, 2.45) is 0 Å². The Hall–Kier alpha value is -1.35. The van der Waals surface area contributed by atoms with Crippen molar-refractivity contribution >= 4 is 11.6 Å². The Kier molecular flexibility index (Phi) is 4.97. The Labute approximate surface area is 119 Å². The van der Waals surface area contributed by atoms with Crippen molar-refractivity contribution in [3.63, 3.8) is 0 Å². The number of rotatable bonds is 5. The average Bonchev–Trinajstić information content (AvgIpc) is 2.43. The van der Waals surface area contributed by atoms with E-state index in [0.29, 0.717) is 5.02 Å². The van der Waals surface area contributed by atoms with Crippen LogP contribution in [-0.2, 0) is 6.54 Å². The predicted octanol–water partition coefficient (Wildman–Crippen LogP) is 3.47. The SMILES string of the molecule is Cc1ccc(CNC(CO)c2ccc(Cl)cc2)cc1. The maximum Gasteiger partial charge on any atom is 0.0626 e. The highest BCUT2D eigenvalue weighted by Gasteiger charge is 2.09. The third-order valence-electron chi connectivity index (χ3n) is 3.13. The number of halogens is 1. The van der Waals surface area contributed by atoms with Crippen LogP contribution < -0.4 is 5.32 Å². The highest BCUT2D eigenvalue weighted by atomic mass is 35.5. The van der Waals surface area contributed by atoms with Crippen molar-refractivity contribution in [3.05, 3.63) is 70.2 Å². The van der Waals surface area contributed by atoms with Crippen molar-refractivity contribution in [3.8, 4) is 0 Å². The van der Waals surface area contributed by atoms with E-state index < -0.39 is 0 Å². The fourth-order valence-electron chi connectivity index (χ4n) is 1.93. The molecule has 2 aromatic rings. The van der Waals surface area contributed by atoms with Crippen LogP contribution in [0.4, 0.5) is 0 Å². The summed E-state index contributed by atoms with van der Waals surface area (Å²) in [4.78, 5) is 0. The van der Waals surface area contributed by atoms with Crippen LogP contribution in [0.3, 0.4) is 0 Å². The lowest BCUT2D eigenvalue weighted by atomic mass is 10.1. The second kappa shape index (κ2) is 6.71. The van der Waals surface area contributed by atoms with Gasteiger partial charge in [0, 0.05) is 11.6 Å². The molecule has 3 heteroatoms. The number of aliphatic hydroxyl groups excluding tert-OH is 1. The second-order valence-electron chi connectivity index (χ2n) is 4.65. The lowest BCUT2D eigenvalue weighted by Crippen LogP contribution is -2.23. The molecule has 0 aliphatic rings. The number of nitrogens with one attached hydrogen (secondary N) is 1. The van der Waals surface area contributed by atoms with Crippen LogP contribution in [0.15, 0.2) is 48.5 Å². The number of hydrogen-bond donors (Lipinski definition) is 2. The van der Waals surface area contributed by atoms with E-state index in [2.05, 4.69) is 36.5 Å². The number of aryl methyl sites for hydroxylation is 1. The molecule has 0 fully saturated rings. The van der Waals surface area contributed by atoms with Gasteiger partial charge in [-0.25, -0.2) is 0 Å². The van der Waals surface area contributed by atoms with E-state index in [1.807, 2.05) is 24.3 Å². The molecule has 0 spiro atoms. The minimum absolute atomic E-state index is 0.0630. The smallest absolute Gasteiger partial charge is 0.0626 e. The van der Waals surface area contributed by atoms with Gasteiger partial charge in [-0.2, -0.15) is 0 Å². The van der Waals surface area contributed by atoms with Crippen molar-refractivity contribution in [1.29, 1.82) is 0 Å². The topological polar surface area (TPSA) is 32.3 Å². The van der Waals surface area contributed by atoms with Crippen LogP contribution >= 0.6 is 11.6 Å². The third kappa shape index (κ3) is 4.06. The van der Waals surface area contributed by atoms with Crippen molar-refractivity contribution in [2.45, 2.75) is 19.5 Å². The van der Waals surface area contributed by atoms with E-state index in [1.54, 1.807) is 0 Å². The largest absolute Gasteiger partial charge is 0.394 e. The zero-order valence-electron chi connectivity index (χ0n) is 10.9. The van der Waals surface area contributed by atoms with Gasteiger partial charge in [0.1, 0.15) is 0 Å². The van der Waals surface area contributed by atoms with E-state index in [1.165, 1.54) is 11.1 Å². The monoisotopic (exact) mass is 275 g/mol. The van der Waals surface area contributed by atoms with Gasteiger partial charge in [0.2, 0.25) is 0 Å². The zero-order valence-corrected chi connectivity index (χ0v) is 11.7. The molecule has 0 aliphatic carbocycles. The maximum atomic E-state index is 9.48. The first-order chi connectivity index (χ1) is 9.19. The van der Waals surface area contributed by atoms with E-state index in [-0.39, 0.29) is 12.6 Å². The summed E-state index contributed by atoms with van der Waals surface area (Å²) in [5.74, 6) is 0. The lowest BCUT2D eigenvalue weighted by molar-refractivity contribution is 0.243. The Morgan fingerprint density at radius 2 is 1.68 bits per heavy atom. The molecule has 0 saturated heterocycles. The number of hydrogen-bond acceptors (Lipinski definition) is 2. The average molecular weight is 276 g/mol. The Morgan fingerprint density at radius 1 is 1.05 bits per heavy atom. The minimum Gasteiger partial charge on any atom is -0.394 e. The molecule has 1 unspecified atom stereocenters. The summed E-state index contributed by atoms with van der Waals surface area (Å²) in [6, 6.07) is 15.9. The molecular formula is C16H18ClNO. The first kappa shape index (κ1) is 14.1. The van der Waals surface area contributed by atoms with E-state index in [0.717, 1.165) is 12.1 Å². The molecule has 0 heterocycles. The Morgan fingerprint density at radius 3 is 2.26 bits per heavy atom. The van der Waals surface area contributed by atoms with Gasteiger partial charge in [0.25, 0.3) is 0 Å². The molecule has 2 rings (SSSR count). The van der Waals surface area contributed by atoms with Crippen LogP contribution in [0.1, 0.15) is 22.7 Å². The second-order valence-corrected chi connectivity index (χ2v) is 5.09. The molecule has 100 valence electrons.